The van der Waals surface area contributed by atoms with Crippen molar-refractivity contribution < 1.29 is 0 Å². The molecule has 0 bridgehead atoms. The Bertz CT molecular complexity index is 312. The van der Waals surface area contributed by atoms with E-state index in [4.69, 9.17) is 5.73 Å². The summed E-state index contributed by atoms with van der Waals surface area (Å²) in [5, 5.41) is 0. The van der Waals surface area contributed by atoms with Gasteiger partial charge in [-0.05, 0) is 11.6 Å². The van der Waals surface area contributed by atoms with Crippen LogP contribution in [0.3, 0.4) is 0 Å². The Kier molecular flexibility index (Phi) is 3.12. The van der Waals surface area contributed by atoms with E-state index in [9.17, 15) is 0 Å². The summed E-state index contributed by atoms with van der Waals surface area (Å²) in [6, 6.07) is 7.77. The van der Waals surface area contributed by atoms with Gasteiger partial charge in [-0.25, -0.2) is 10.9 Å². The molecule has 0 spiro atoms. The molecule has 0 amide bonds. The molecular weight excluding hydrogens is 246 g/mol. The van der Waals surface area contributed by atoms with Gasteiger partial charge in [0.1, 0.15) is 6.17 Å². The molecule has 1 saturated heterocycles. The third-order valence-electron chi connectivity index (χ3n) is 2.14. The second-order valence-corrected chi connectivity index (χ2v) is 3.92. The monoisotopic (exact) mass is 257 g/mol. The standard InChI is InChI=1S/C8H12BrN5/c9-6-4-2-1-3-5(6)7(10)8-11-13-14-12-8/h1-4,7-8,11-14H,10H2. The molecule has 1 aromatic carbocycles. The number of rotatable bonds is 2. The van der Waals surface area contributed by atoms with Crippen LogP contribution in [-0.4, -0.2) is 6.17 Å². The van der Waals surface area contributed by atoms with E-state index < -0.39 is 0 Å². The number of nitrogens with two attached hydrogens (primary N) is 1. The largest absolute Gasteiger partial charge is 0.321 e. The predicted octanol–water partition coefficient (Wildman–Crippen LogP) is -0.108. The van der Waals surface area contributed by atoms with Crippen molar-refractivity contribution in [3.05, 3.63) is 34.3 Å². The van der Waals surface area contributed by atoms with Crippen LogP contribution in [0.2, 0.25) is 0 Å². The van der Waals surface area contributed by atoms with Crippen molar-refractivity contribution in [2.45, 2.75) is 12.2 Å². The van der Waals surface area contributed by atoms with Gasteiger partial charge >= 0.3 is 0 Å². The second-order valence-electron chi connectivity index (χ2n) is 3.06. The molecule has 1 aliphatic heterocycles. The van der Waals surface area contributed by atoms with Gasteiger partial charge in [0.15, 0.2) is 0 Å². The molecule has 1 aromatic rings. The minimum Gasteiger partial charge on any atom is -0.321 e. The molecule has 1 aliphatic rings. The summed E-state index contributed by atoms with van der Waals surface area (Å²) in [4.78, 5) is 0. The summed E-state index contributed by atoms with van der Waals surface area (Å²) in [5.41, 5.74) is 18.5. The highest BCUT2D eigenvalue weighted by Gasteiger charge is 2.23. The Hall–Kier alpha value is -0.500. The molecule has 2 rings (SSSR count). The van der Waals surface area contributed by atoms with E-state index in [1.165, 1.54) is 0 Å². The van der Waals surface area contributed by atoms with Crippen molar-refractivity contribution >= 4 is 15.9 Å². The van der Waals surface area contributed by atoms with E-state index in [1.54, 1.807) is 0 Å². The van der Waals surface area contributed by atoms with Gasteiger partial charge in [-0.3, -0.25) is 0 Å². The van der Waals surface area contributed by atoms with E-state index in [2.05, 4.69) is 37.9 Å². The summed E-state index contributed by atoms with van der Waals surface area (Å²) in [7, 11) is 0. The molecule has 6 N–H and O–H groups in total. The number of hydrogen-bond acceptors (Lipinski definition) is 5. The van der Waals surface area contributed by atoms with Crippen molar-refractivity contribution in [1.82, 2.24) is 21.9 Å². The molecule has 0 saturated carbocycles. The van der Waals surface area contributed by atoms with E-state index in [1.807, 2.05) is 24.3 Å². The highest BCUT2D eigenvalue weighted by atomic mass is 79.9. The smallest absolute Gasteiger partial charge is 0.105 e. The summed E-state index contributed by atoms with van der Waals surface area (Å²) < 4.78 is 1.02. The first-order chi connectivity index (χ1) is 6.79. The van der Waals surface area contributed by atoms with Crippen LogP contribution in [-0.2, 0) is 0 Å². The zero-order chi connectivity index (χ0) is 9.97. The van der Waals surface area contributed by atoms with Gasteiger partial charge in [-0.15, -0.1) is 0 Å². The second kappa shape index (κ2) is 4.35. The predicted molar refractivity (Wildman–Crippen MR) is 57.4 cm³/mol. The maximum Gasteiger partial charge on any atom is 0.105 e. The molecule has 0 radical (unpaired) electrons. The fraction of sp³-hybridized carbons (Fsp3) is 0.250. The highest BCUT2D eigenvalue weighted by molar-refractivity contribution is 9.10. The zero-order valence-electron chi connectivity index (χ0n) is 7.42. The lowest BCUT2D eigenvalue weighted by Crippen LogP contribution is -2.43. The van der Waals surface area contributed by atoms with Crippen LogP contribution in [0.4, 0.5) is 0 Å². The lowest BCUT2D eigenvalue weighted by atomic mass is 10.1. The van der Waals surface area contributed by atoms with Crippen LogP contribution < -0.4 is 27.7 Å². The van der Waals surface area contributed by atoms with Gasteiger partial charge < -0.3 is 5.73 Å². The van der Waals surface area contributed by atoms with E-state index >= 15 is 0 Å². The summed E-state index contributed by atoms with van der Waals surface area (Å²) in [6.07, 6.45) is -0.0336. The van der Waals surface area contributed by atoms with Crippen molar-refractivity contribution in [2.75, 3.05) is 0 Å². The van der Waals surface area contributed by atoms with Crippen LogP contribution in [0.15, 0.2) is 28.7 Å². The number of hydrazine groups is 3. The first kappa shape index (κ1) is 10.0. The van der Waals surface area contributed by atoms with Crippen LogP contribution in [0.25, 0.3) is 0 Å². The van der Waals surface area contributed by atoms with Gasteiger partial charge in [0, 0.05) is 4.47 Å². The topological polar surface area (TPSA) is 74.1 Å². The number of hydrogen-bond donors (Lipinski definition) is 5. The SMILES string of the molecule is NC(c1ccccc1Br)C1NNNN1. The Morgan fingerprint density at radius 3 is 2.50 bits per heavy atom. The van der Waals surface area contributed by atoms with Gasteiger partial charge in [0.05, 0.1) is 6.04 Å². The number of nitrogens with one attached hydrogen (secondary N) is 4. The van der Waals surface area contributed by atoms with E-state index in [0.717, 1.165) is 10.0 Å². The first-order valence-electron chi connectivity index (χ1n) is 4.30. The van der Waals surface area contributed by atoms with Crippen molar-refractivity contribution in [2.24, 2.45) is 5.73 Å². The van der Waals surface area contributed by atoms with Crippen LogP contribution in [0.5, 0.6) is 0 Å². The third-order valence-corrected chi connectivity index (χ3v) is 2.86. The number of halogens is 1. The lowest BCUT2D eigenvalue weighted by Gasteiger charge is -2.19. The molecule has 1 unspecified atom stereocenters. The van der Waals surface area contributed by atoms with Crippen molar-refractivity contribution in [3.63, 3.8) is 0 Å². The van der Waals surface area contributed by atoms with Crippen LogP contribution in [0, 0.1) is 0 Å². The van der Waals surface area contributed by atoms with Crippen molar-refractivity contribution in [3.8, 4) is 0 Å². The van der Waals surface area contributed by atoms with Crippen LogP contribution in [0.1, 0.15) is 11.6 Å². The maximum atomic E-state index is 6.07. The molecule has 76 valence electrons. The van der Waals surface area contributed by atoms with Crippen LogP contribution >= 0.6 is 15.9 Å². The van der Waals surface area contributed by atoms with Gasteiger partial charge in [-0.2, -0.15) is 11.1 Å². The molecule has 6 heteroatoms. The molecule has 1 heterocycles. The Morgan fingerprint density at radius 2 is 1.86 bits per heavy atom. The molecule has 5 nitrogen and oxygen atoms in total. The summed E-state index contributed by atoms with van der Waals surface area (Å²) in [6.45, 7) is 0. The Balaban J connectivity index is 2.17. The zero-order valence-corrected chi connectivity index (χ0v) is 9.01. The van der Waals surface area contributed by atoms with E-state index in [0.29, 0.717) is 0 Å². The van der Waals surface area contributed by atoms with Crippen molar-refractivity contribution in [1.29, 1.82) is 0 Å². The minimum atomic E-state index is -0.131. The molecule has 1 fully saturated rings. The molecule has 1 atom stereocenters. The molecule has 14 heavy (non-hydrogen) atoms. The lowest BCUT2D eigenvalue weighted by molar-refractivity contribution is 0.439. The van der Waals surface area contributed by atoms with Gasteiger partial charge in [-0.1, -0.05) is 34.1 Å². The van der Waals surface area contributed by atoms with Gasteiger partial charge in [0.2, 0.25) is 0 Å². The number of benzene rings is 1. The Labute approximate surface area is 90.5 Å². The third kappa shape index (κ3) is 1.95. The summed E-state index contributed by atoms with van der Waals surface area (Å²) >= 11 is 3.47. The molecular formula is C8H12BrN5. The maximum absolute atomic E-state index is 6.07. The fourth-order valence-electron chi connectivity index (χ4n) is 1.37. The fourth-order valence-corrected chi connectivity index (χ4v) is 1.92. The average Bonchev–Trinajstić information content (AvgIpc) is 2.70. The summed E-state index contributed by atoms with van der Waals surface area (Å²) in [5.74, 6) is 0. The highest BCUT2D eigenvalue weighted by Crippen LogP contribution is 2.22. The first-order valence-corrected chi connectivity index (χ1v) is 5.09. The Morgan fingerprint density at radius 1 is 1.21 bits per heavy atom. The minimum absolute atomic E-state index is 0.0336. The van der Waals surface area contributed by atoms with Gasteiger partial charge in [0.25, 0.3) is 0 Å². The quantitative estimate of drug-likeness (QED) is 0.512. The molecule has 0 aliphatic carbocycles. The average molecular weight is 258 g/mol. The molecule has 0 aromatic heterocycles. The normalized spacial score (nSPS) is 19.9. The van der Waals surface area contributed by atoms with E-state index in [-0.39, 0.29) is 12.2 Å².